The minimum Gasteiger partial charge on any atom is -0.309 e. The highest BCUT2D eigenvalue weighted by molar-refractivity contribution is 9.10. The average Bonchev–Trinajstić information content (AvgIpc) is 2.48. The van der Waals surface area contributed by atoms with E-state index in [4.69, 9.17) is 0 Å². The first kappa shape index (κ1) is 17.2. The lowest BCUT2D eigenvalue weighted by Gasteiger charge is -2.23. The van der Waals surface area contributed by atoms with Crippen LogP contribution >= 0.6 is 15.9 Å². The maximum atomic E-state index is 3.57. The van der Waals surface area contributed by atoms with Gasteiger partial charge in [0.1, 0.15) is 0 Å². The molecule has 0 atom stereocenters. The number of rotatable bonds is 8. The molecule has 0 spiro atoms. The van der Waals surface area contributed by atoms with Crippen LogP contribution in [0.2, 0.25) is 0 Å². The fraction of sp³-hybridized carbons (Fsp3) is 0.368. The first-order valence-electron chi connectivity index (χ1n) is 7.79. The van der Waals surface area contributed by atoms with Crippen molar-refractivity contribution < 1.29 is 0 Å². The molecule has 2 nitrogen and oxygen atoms in total. The van der Waals surface area contributed by atoms with Crippen LogP contribution in [0, 0.1) is 0 Å². The molecule has 0 aliphatic heterocycles. The molecule has 0 radical (unpaired) electrons. The molecule has 2 rings (SSSR count). The van der Waals surface area contributed by atoms with E-state index in [0.717, 1.165) is 30.7 Å². The normalized spacial score (nSPS) is 11.3. The highest BCUT2D eigenvalue weighted by Gasteiger charge is 2.08. The number of hydrogen-bond donors (Lipinski definition) is 0. The van der Waals surface area contributed by atoms with Crippen molar-refractivity contribution in [3.63, 3.8) is 0 Å². The van der Waals surface area contributed by atoms with Crippen LogP contribution in [0.3, 0.4) is 0 Å². The highest BCUT2D eigenvalue weighted by atomic mass is 79.9. The van der Waals surface area contributed by atoms with Gasteiger partial charge in [0.15, 0.2) is 0 Å². The number of halogens is 1. The molecular weight excluding hydrogens is 336 g/mol. The van der Waals surface area contributed by atoms with E-state index in [0.29, 0.717) is 0 Å². The molecule has 0 bridgehead atoms. The van der Waals surface area contributed by atoms with Gasteiger partial charge in [0.05, 0.1) is 0 Å². The first-order valence-corrected chi connectivity index (χ1v) is 8.58. The Hall–Kier alpha value is -1.16. The predicted octanol–water partition coefficient (Wildman–Crippen LogP) is 4.40. The van der Waals surface area contributed by atoms with Gasteiger partial charge >= 0.3 is 0 Å². The second-order valence-electron chi connectivity index (χ2n) is 5.98. The molecule has 0 aliphatic carbocycles. The van der Waals surface area contributed by atoms with Crippen LogP contribution in [0.15, 0.2) is 59.1 Å². The molecule has 3 heteroatoms. The number of nitrogens with zero attached hydrogens (tertiary/aromatic N) is 2. The average molecular weight is 361 g/mol. The summed E-state index contributed by atoms with van der Waals surface area (Å²) in [6.07, 6.45) is 1.19. The minimum atomic E-state index is 0.988. The van der Waals surface area contributed by atoms with E-state index in [9.17, 15) is 0 Å². The van der Waals surface area contributed by atoms with Gasteiger partial charge in [0.25, 0.3) is 0 Å². The van der Waals surface area contributed by atoms with Gasteiger partial charge in [-0.05, 0) is 50.3 Å². The van der Waals surface area contributed by atoms with Crippen LogP contribution < -0.4 is 0 Å². The molecule has 0 aromatic heterocycles. The van der Waals surface area contributed by atoms with Crippen molar-refractivity contribution in [1.82, 2.24) is 9.80 Å². The van der Waals surface area contributed by atoms with Crippen LogP contribution in [-0.2, 0) is 13.1 Å². The third-order valence-electron chi connectivity index (χ3n) is 3.62. The van der Waals surface area contributed by atoms with Crippen LogP contribution in [0.4, 0.5) is 0 Å². The molecular formula is C19H25BrN2. The van der Waals surface area contributed by atoms with Crippen molar-refractivity contribution in [2.75, 3.05) is 27.2 Å². The van der Waals surface area contributed by atoms with Crippen molar-refractivity contribution in [2.45, 2.75) is 19.5 Å². The quantitative estimate of drug-likeness (QED) is 0.688. The van der Waals surface area contributed by atoms with Gasteiger partial charge in [0.2, 0.25) is 0 Å². The molecule has 2 aromatic rings. The minimum absolute atomic E-state index is 0.988. The molecule has 118 valence electrons. The summed E-state index contributed by atoms with van der Waals surface area (Å²) in [6, 6.07) is 19.3. The highest BCUT2D eigenvalue weighted by Crippen LogP contribution is 2.15. The third kappa shape index (κ3) is 6.30. The van der Waals surface area contributed by atoms with E-state index in [-0.39, 0.29) is 0 Å². The first-order chi connectivity index (χ1) is 10.6. The molecule has 0 heterocycles. The number of benzene rings is 2. The number of hydrogen-bond acceptors (Lipinski definition) is 2. The maximum Gasteiger partial charge on any atom is 0.0237 e. The SMILES string of the molecule is CN(C)CCCN(Cc1ccccc1)Cc1cccc(Br)c1. The topological polar surface area (TPSA) is 6.48 Å². The van der Waals surface area contributed by atoms with E-state index in [1.165, 1.54) is 17.5 Å². The van der Waals surface area contributed by atoms with Crippen molar-refractivity contribution in [2.24, 2.45) is 0 Å². The molecule has 0 saturated carbocycles. The van der Waals surface area contributed by atoms with Gasteiger partial charge in [-0.25, -0.2) is 0 Å². The van der Waals surface area contributed by atoms with E-state index in [2.05, 4.69) is 94.4 Å². The molecule has 0 saturated heterocycles. The van der Waals surface area contributed by atoms with Crippen molar-refractivity contribution in [1.29, 1.82) is 0 Å². The Bertz CT molecular complexity index is 554. The monoisotopic (exact) mass is 360 g/mol. The summed E-state index contributed by atoms with van der Waals surface area (Å²) < 4.78 is 1.15. The molecule has 0 unspecified atom stereocenters. The summed E-state index contributed by atoms with van der Waals surface area (Å²) in [6.45, 7) is 4.23. The van der Waals surface area contributed by atoms with Gasteiger partial charge in [-0.1, -0.05) is 58.4 Å². The lowest BCUT2D eigenvalue weighted by molar-refractivity contribution is 0.239. The van der Waals surface area contributed by atoms with Crippen molar-refractivity contribution >= 4 is 15.9 Å². The van der Waals surface area contributed by atoms with Gasteiger partial charge in [-0.3, -0.25) is 4.90 Å². The molecule has 0 N–H and O–H groups in total. The summed E-state index contributed by atoms with van der Waals surface area (Å²) in [5.41, 5.74) is 2.73. The molecule has 2 aromatic carbocycles. The second kappa shape index (κ2) is 9.09. The summed E-state index contributed by atoms with van der Waals surface area (Å²) in [7, 11) is 4.27. The molecule has 0 amide bonds. The smallest absolute Gasteiger partial charge is 0.0237 e. The fourth-order valence-electron chi connectivity index (χ4n) is 2.56. The maximum absolute atomic E-state index is 3.57. The molecule has 22 heavy (non-hydrogen) atoms. The Labute approximate surface area is 142 Å². The van der Waals surface area contributed by atoms with Crippen LogP contribution in [0.25, 0.3) is 0 Å². The zero-order chi connectivity index (χ0) is 15.8. The van der Waals surface area contributed by atoms with E-state index < -0.39 is 0 Å². The van der Waals surface area contributed by atoms with Gasteiger partial charge in [-0.15, -0.1) is 0 Å². The van der Waals surface area contributed by atoms with Crippen molar-refractivity contribution in [3.05, 3.63) is 70.2 Å². The zero-order valence-corrected chi connectivity index (χ0v) is 15.1. The van der Waals surface area contributed by atoms with Crippen LogP contribution in [0.5, 0.6) is 0 Å². The summed E-state index contributed by atoms with van der Waals surface area (Å²) in [5, 5.41) is 0. The Morgan fingerprint density at radius 3 is 2.18 bits per heavy atom. The van der Waals surface area contributed by atoms with Gasteiger partial charge < -0.3 is 4.90 Å². The summed E-state index contributed by atoms with van der Waals surface area (Å²) in [4.78, 5) is 4.78. The molecule has 0 fully saturated rings. The van der Waals surface area contributed by atoms with Gasteiger partial charge in [-0.2, -0.15) is 0 Å². The summed E-state index contributed by atoms with van der Waals surface area (Å²) in [5.74, 6) is 0. The van der Waals surface area contributed by atoms with Gasteiger partial charge in [0, 0.05) is 24.1 Å². The lowest BCUT2D eigenvalue weighted by Crippen LogP contribution is -2.26. The zero-order valence-electron chi connectivity index (χ0n) is 13.5. The predicted molar refractivity (Wildman–Crippen MR) is 97.9 cm³/mol. The van der Waals surface area contributed by atoms with Crippen LogP contribution in [-0.4, -0.2) is 37.0 Å². The van der Waals surface area contributed by atoms with E-state index >= 15 is 0 Å². The Morgan fingerprint density at radius 2 is 1.50 bits per heavy atom. The second-order valence-corrected chi connectivity index (χ2v) is 6.90. The largest absolute Gasteiger partial charge is 0.309 e. The van der Waals surface area contributed by atoms with Crippen molar-refractivity contribution in [3.8, 4) is 0 Å². The fourth-order valence-corrected chi connectivity index (χ4v) is 3.01. The third-order valence-corrected chi connectivity index (χ3v) is 4.12. The van der Waals surface area contributed by atoms with E-state index in [1.54, 1.807) is 0 Å². The Balaban J connectivity index is 2.00. The Morgan fingerprint density at radius 1 is 0.818 bits per heavy atom. The standard InChI is InChI=1S/C19H25BrN2/c1-21(2)12-7-13-22(15-17-8-4-3-5-9-17)16-18-10-6-11-19(20)14-18/h3-6,8-11,14H,7,12-13,15-16H2,1-2H3. The summed E-state index contributed by atoms with van der Waals surface area (Å²) >= 11 is 3.57. The molecule has 0 aliphatic rings. The Kier molecular flexibility index (Phi) is 7.10. The van der Waals surface area contributed by atoms with E-state index in [1.807, 2.05) is 0 Å². The van der Waals surface area contributed by atoms with Crippen LogP contribution in [0.1, 0.15) is 17.5 Å². The lowest BCUT2D eigenvalue weighted by atomic mass is 10.1.